The van der Waals surface area contributed by atoms with Gasteiger partial charge in [0.05, 0.1) is 28.4 Å². The van der Waals surface area contributed by atoms with Gasteiger partial charge in [0.1, 0.15) is 6.54 Å². The molecule has 44 heavy (non-hydrogen) atoms. The van der Waals surface area contributed by atoms with Crippen LogP contribution in [0.5, 0.6) is 0 Å². The van der Waals surface area contributed by atoms with Gasteiger partial charge < -0.3 is 10.2 Å². The molecule has 1 N–H and O–H groups in total. The van der Waals surface area contributed by atoms with Crippen molar-refractivity contribution in [3.63, 3.8) is 0 Å². The lowest BCUT2D eigenvalue weighted by atomic mass is 10.0. The molecular formula is C31H24Cl2N6O5. The Bertz CT molecular complexity index is 1810. The maximum absolute atomic E-state index is 13.7. The van der Waals surface area contributed by atoms with Gasteiger partial charge in [0, 0.05) is 29.2 Å². The SMILES string of the molecule is O=C(CN1C(=O)c2ccccc2C1=O)NCc1nc(C(=O)N2CCCC2)nn1-c1ccc(Cl)cc1C(=O)c1ccccc1Cl. The average Bonchev–Trinajstić information content (AvgIpc) is 3.77. The molecule has 3 aromatic carbocycles. The minimum atomic E-state index is -0.634. The molecule has 3 heterocycles. The zero-order valence-electron chi connectivity index (χ0n) is 23.1. The van der Waals surface area contributed by atoms with Crippen LogP contribution < -0.4 is 5.32 Å². The van der Waals surface area contributed by atoms with Crippen molar-refractivity contribution in [3.8, 4) is 5.69 Å². The van der Waals surface area contributed by atoms with E-state index in [1.54, 1.807) is 53.4 Å². The molecule has 1 saturated heterocycles. The molecule has 0 unspecified atom stereocenters. The molecule has 0 saturated carbocycles. The molecule has 0 aliphatic carbocycles. The molecule has 2 aliphatic heterocycles. The van der Waals surface area contributed by atoms with Gasteiger partial charge in [-0.25, -0.2) is 9.67 Å². The molecule has 6 rings (SSSR count). The fourth-order valence-corrected chi connectivity index (χ4v) is 5.62. The number of benzene rings is 3. The van der Waals surface area contributed by atoms with Gasteiger partial charge in [0.25, 0.3) is 17.7 Å². The van der Waals surface area contributed by atoms with Gasteiger partial charge in [-0.3, -0.25) is 28.9 Å². The highest BCUT2D eigenvalue weighted by atomic mass is 35.5. The number of nitrogens with one attached hydrogen (secondary N) is 1. The molecule has 0 spiro atoms. The second-order valence-electron chi connectivity index (χ2n) is 10.3. The smallest absolute Gasteiger partial charge is 0.293 e. The number of hydrogen-bond donors (Lipinski definition) is 1. The number of carbonyl (C=O) groups is 5. The molecule has 0 atom stereocenters. The number of imide groups is 1. The van der Waals surface area contributed by atoms with E-state index in [4.69, 9.17) is 23.2 Å². The van der Waals surface area contributed by atoms with Crippen molar-refractivity contribution in [3.05, 3.63) is 111 Å². The first-order valence-electron chi connectivity index (χ1n) is 13.8. The van der Waals surface area contributed by atoms with E-state index in [-0.39, 0.29) is 62.1 Å². The van der Waals surface area contributed by atoms with Gasteiger partial charge in [-0.15, -0.1) is 5.10 Å². The Morgan fingerprint density at radius 1 is 0.841 bits per heavy atom. The molecule has 222 valence electrons. The summed E-state index contributed by atoms with van der Waals surface area (Å²) in [5.74, 6) is -2.55. The van der Waals surface area contributed by atoms with Gasteiger partial charge in [0.15, 0.2) is 11.6 Å². The van der Waals surface area contributed by atoms with Crippen molar-refractivity contribution in [1.82, 2.24) is 29.9 Å². The predicted molar refractivity (Wildman–Crippen MR) is 160 cm³/mol. The molecule has 1 aromatic heterocycles. The lowest BCUT2D eigenvalue weighted by Crippen LogP contribution is -2.40. The van der Waals surface area contributed by atoms with Crippen molar-refractivity contribution in [2.24, 2.45) is 0 Å². The molecule has 2 aliphatic rings. The van der Waals surface area contributed by atoms with Gasteiger partial charge in [-0.2, -0.15) is 0 Å². The number of ketones is 1. The van der Waals surface area contributed by atoms with Crippen LogP contribution >= 0.6 is 23.2 Å². The topological polar surface area (TPSA) is 135 Å². The molecule has 13 heteroatoms. The number of hydrogen-bond acceptors (Lipinski definition) is 7. The van der Waals surface area contributed by atoms with Gasteiger partial charge in [-0.1, -0.05) is 47.5 Å². The fraction of sp³-hybridized carbons (Fsp3) is 0.194. The second-order valence-corrected chi connectivity index (χ2v) is 11.1. The first-order chi connectivity index (χ1) is 21.2. The minimum absolute atomic E-state index is 0.109. The van der Waals surface area contributed by atoms with Crippen molar-refractivity contribution < 1.29 is 24.0 Å². The maximum Gasteiger partial charge on any atom is 0.293 e. The Labute approximate surface area is 261 Å². The quantitative estimate of drug-likeness (QED) is 0.230. The Morgan fingerprint density at radius 2 is 1.50 bits per heavy atom. The van der Waals surface area contributed by atoms with Crippen LogP contribution in [0.4, 0.5) is 0 Å². The Hall–Kier alpha value is -4.87. The number of amides is 4. The normalized spacial score (nSPS) is 14.2. The molecule has 0 bridgehead atoms. The summed E-state index contributed by atoms with van der Waals surface area (Å²) in [6.07, 6.45) is 1.72. The van der Waals surface area contributed by atoms with Crippen LogP contribution in [0.15, 0.2) is 66.7 Å². The van der Waals surface area contributed by atoms with E-state index in [1.165, 1.54) is 22.9 Å². The number of carbonyl (C=O) groups excluding carboxylic acids is 5. The number of fused-ring (bicyclic) bond motifs is 1. The highest BCUT2D eigenvalue weighted by molar-refractivity contribution is 6.35. The first-order valence-corrected chi connectivity index (χ1v) is 14.5. The van der Waals surface area contributed by atoms with E-state index >= 15 is 0 Å². The van der Waals surface area contributed by atoms with E-state index in [2.05, 4.69) is 15.4 Å². The lowest BCUT2D eigenvalue weighted by molar-refractivity contribution is -0.121. The van der Waals surface area contributed by atoms with Crippen LogP contribution in [0.1, 0.15) is 65.9 Å². The average molecular weight is 631 g/mol. The van der Waals surface area contributed by atoms with Crippen LogP contribution in [-0.2, 0) is 11.3 Å². The largest absolute Gasteiger partial charge is 0.347 e. The number of likely N-dealkylation sites (tertiary alicyclic amines) is 1. The molecule has 0 radical (unpaired) electrons. The fourth-order valence-electron chi connectivity index (χ4n) is 5.23. The zero-order valence-corrected chi connectivity index (χ0v) is 24.6. The summed E-state index contributed by atoms with van der Waals surface area (Å²) in [6.45, 7) is 0.385. The first kappa shape index (κ1) is 29.2. The van der Waals surface area contributed by atoms with E-state index in [0.717, 1.165) is 17.7 Å². The van der Waals surface area contributed by atoms with Crippen molar-refractivity contribution in [2.45, 2.75) is 19.4 Å². The van der Waals surface area contributed by atoms with E-state index in [1.807, 2.05) is 0 Å². The van der Waals surface area contributed by atoms with Crippen LogP contribution in [-0.4, -0.2) is 73.6 Å². The van der Waals surface area contributed by atoms with Crippen LogP contribution in [0.25, 0.3) is 5.69 Å². The van der Waals surface area contributed by atoms with E-state index in [0.29, 0.717) is 13.1 Å². The summed E-state index contributed by atoms with van der Waals surface area (Å²) in [6, 6.07) is 17.5. The van der Waals surface area contributed by atoms with Gasteiger partial charge >= 0.3 is 0 Å². The van der Waals surface area contributed by atoms with Crippen LogP contribution in [0, 0.1) is 0 Å². The highest BCUT2D eigenvalue weighted by Crippen LogP contribution is 2.27. The Morgan fingerprint density at radius 3 is 2.18 bits per heavy atom. The standard InChI is InChI=1S/C31H24Cl2N6O5/c32-18-11-12-24(22(15-18)27(41)21-9-3-4-10-23(21)33)39-25(35-28(36-39)31(44)37-13-5-6-14-37)16-34-26(40)17-38-29(42)19-7-1-2-8-20(19)30(38)43/h1-4,7-12,15H,5-6,13-14,16-17H2,(H,34,40). The van der Waals surface area contributed by atoms with Crippen molar-refractivity contribution >= 4 is 52.6 Å². The highest BCUT2D eigenvalue weighted by Gasteiger charge is 2.36. The molecule has 1 fully saturated rings. The van der Waals surface area contributed by atoms with Crippen molar-refractivity contribution in [1.29, 1.82) is 0 Å². The predicted octanol–water partition coefficient (Wildman–Crippen LogP) is 3.95. The summed E-state index contributed by atoms with van der Waals surface area (Å²) < 4.78 is 1.31. The maximum atomic E-state index is 13.7. The Kier molecular flexibility index (Phi) is 7.98. The summed E-state index contributed by atoms with van der Waals surface area (Å²) >= 11 is 12.6. The summed E-state index contributed by atoms with van der Waals surface area (Å²) in [5.41, 5.74) is 1.11. The second kappa shape index (κ2) is 12.0. The third-order valence-corrected chi connectivity index (χ3v) is 8.00. The van der Waals surface area contributed by atoms with E-state index in [9.17, 15) is 24.0 Å². The molecule has 4 aromatic rings. The molecular weight excluding hydrogens is 607 g/mol. The monoisotopic (exact) mass is 630 g/mol. The summed E-state index contributed by atoms with van der Waals surface area (Å²) in [7, 11) is 0. The Balaban J connectivity index is 1.31. The van der Waals surface area contributed by atoms with Crippen molar-refractivity contribution in [2.75, 3.05) is 19.6 Å². The minimum Gasteiger partial charge on any atom is -0.347 e. The van der Waals surface area contributed by atoms with Crippen LogP contribution in [0.3, 0.4) is 0 Å². The van der Waals surface area contributed by atoms with E-state index < -0.39 is 30.0 Å². The molecule has 11 nitrogen and oxygen atoms in total. The third kappa shape index (κ3) is 5.47. The summed E-state index contributed by atoms with van der Waals surface area (Å²) in [4.78, 5) is 72.3. The number of aromatic nitrogens is 3. The molecule has 4 amide bonds. The van der Waals surface area contributed by atoms with Crippen LogP contribution in [0.2, 0.25) is 10.0 Å². The van der Waals surface area contributed by atoms with Gasteiger partial charge in [0.2, 0.25) is 11.7 Å². The zero-order chi connectivity index (χ0) is 31.0. The number of rotatable bonds is 8. The third-order valence-electron chi connectivity index (χ3n) is 7.43. The van der Waals surface area contributed by atoms with Gasteiger partial charge in [-0.05, 0) is 55.3 Å². The summed E-state index contributed by atoms with van der Waals surface area (Å²) in [5, 5.41) is 7.65. The number of nitrogens with zero attached hydrogens (tertiary/aromatic N) is 5. The number of halogens is 2. The lowest BCUT2D eigenvalue weighted by Gasteiger charge is -2.15.